The van der Waals surface area contributed by atoms with E-state index in [9.17, 15) is 9.59 Å². The molecule has 2 aromatic rings. The summed E-state index contributed by atoms with van der Waals surface area (Å²) in [6, 6.07) is 17.4. The van der Waals surface area contributed by atoms with Crippen molar-refractivity contribution in [2.24, 2.45) is 0 Å². The lowest BCUT2D eigenvalue weighted by molar-refractivity contribution is -0.120. The summed E-state index contributed by atoms with van der Waals surface area (Å²) in [7, 11) is 3.95. The van der Waals surface area contributed by atoms with E-state index in [1.807, 2.05) is 63.5 Å². The summed E-state index contributed by atoms with van der Waals surface area (Å²) in [4.78, 5) is 26.2. The Bertz CT molecular complexity index is 714. The van der Waals surface area contributed by atoms with Gasteiger partial charge in [0.05, 0.1) is 12.6 Å². The van der Waals surface area contributed by atoms with E-state index in [-0.39, 0.29) is 24.4 Å². The van der Waals surface area contributed by atoms with Crippen LogP contribution in [0.2, 0.25) is 0 Å². The third kappa shape index (κ3) is 5.72. The normalized spacial score (nSPS) is 11.8. The molecule has 0 aromatic heterocycles. The van der Waals surface area contributed by atoms with E-state index in [4.69, 9.17) is 0 Å². The fourth-order valence-corrected chi connectivity index (χ4v) is 2.60. The lowest BCUT2D eigenvalue weighted by Gasteiger charge is -2.25. The standard InChI is InChI=1S/C20H25N3O2/c1-15-8-7-11-17(12-15)20(25)22-14-19(24)21-13-18(23(2)3)16-9-5-4-6-10-16/h4-12,18H,13-14H2,1-3H3,(H,21,24)(H,22,25). The number of amides is 2. The molecule has 0 fully saturated rings. The SMILES string of the molecule is Cc1cccc(C(=O)NCC(=O)NCC(c2ccccc2)N(C)C)c1. The smallest absolute Gasteiger partial charge is 0.251 e. The van der Waals surface area contributed by atoms with Gasteiger partial charge in [-0.2, -0.15) is 0 Å². The largest absolute Gasteiger partial charge is 0.353 e. The van der Waals surface area contributed by atoms with E-state index in [1.165, 1.54) is 0 Å². The van der Waals surface area contributed by atoms with Gasteiger partial charge in [0.1, 0.15) is 0 Å². The topological polar surface area (TPSA) is 61.4 Å². The van der Waals surface area contributed by atoms with Crippen LogP contribution < -0.4 is 10.6 Å². The molecule has 0 aliphatic rings. The first kappa shape index (κ1) is 18.7. The average molecular weight is 339 g/mol. The van der Waals surface area contributed by atoms with Crippen molar-refractivity contribution in [3.8, 4) is 0 Å². The summed E-state index contributed by atoms with van der Waals surface area (Å²) in [5.41, 5.74) is 2.70. The van der Waals surface area contributed by atoms with Crippen molar-refractivity contribution in [3.05, 3.63) is 71.3 Å². The van der Waals surface area contributed by atoms with Crippen molar-refractivity contribution in [2.45, 2.75) is 13.0 Å². The van der Waals surface area contributed by atoms with E-state index in [1.54, 1.807) is 12.1 Å². The Labute approximate surface area is 149 Å². The van der Waals surface area contributed by atoms with E-state index >= 15 is 0 Å². The molecule has 2 N–H and O–H groups in total. The van der Waals surface area contributed by atoms with E-state index in [2.05, 4.69) is 15.5 Å². The monoisotopic (exact) mass is 339 g/mol. The predicted octanol–water partition coefficient (Wildman–Crippen LogP) is 2.14. The molecule has 0 bridgehead atoms. The second kappa shape index (κ2) is 8.99. The zero-order valence-electron chi connectivity index (χ0n) is 15.0. The zero-order chi connectivity index (χ0) is 18.2. The highest BCUT2D eigenvalue weighted by atomic mass is 16.2. The van der Waals surface area contributed by atoms with Gasteiger partial charge in [0, 0.05) is 12.1 Å². The maximum Gasteiger partial charge on any atom is 0.251 e. The third-order valence-corrected chi connectivity index (χ3v) is 3.99. The van der Waals surface area contributed by atoms with Gasteiger partial charge >= 0.3 is 0 Å². The van der Waals surface area contributed by atoms with Crippen molar-refractivity contribution < 1.29 is 9.59 Å². The Morgan fingerprint density at radius 1 is 1.00 bits per heavy atom. The number of rotatable bonds is 7. The minimum Gasteiger partial charge on any atom is -0.353 e. The molecule has 0 saturated carbocycles. The lowest BCUT2D eigenvalue weighted by Crippen LogP contribution is -2.40. The molecule has 0 saturated heterocycles. The number of carbonyl (C=O) groups is 2. The molecule has 2 aromatic carbocycles. The second-order valence-electron chi connectivity index (χ2n) is 6.25. The minimum absolute atomic E-state index is 0.0400. The van der Waals surface area contributed by atoms with Gasteiger partial charge in [-0.3, -0.25) is 9.59 Å². The number of aryl methyl sites for hydroxylation is 1. The van der Waals surface area contributed by atoms with Gasteiger partial charge in [-0.25, -0.2) is 0 Å². The molecular weight excluding hydrogens is 314 g/mol. The number of hydrogen-bond acceptors (Lipinski definition) is 3. The van der Waals surface area contributed by atoms with Crippen LogP contribution in [0, 0.1) is 6.92 Å². The zero-order valence-corrected chi connectivity index (χ0v) is 15.0. The Hall–Kier alpha value is -2.66. The maximum absolute atomic E-state index is 12.1. The molecule has 0 heterocycles. The molecule has 132 valence electrons. The first-order chi connectivity index (χ1) is 12.0. The molecule has 1 unspecified atom stereocenters. The summed E-state index contributed by atoms with van der Waals surface area (Å²) in [5, 5.41) is 5.54. The number of benzene rings is 2. The molecular formula is C20H25N3O2. The van der Waals surface area contributed by atoms with Crippen LogP contribution in [0.4, 0.5) is 0 Å². The van der Waals surface area contributed by atoms with Crippen LogP contribution in [-0.2, 0) is 4.79 Å². The van der Waals surface area contributed by atoms with Crippen molar-refractivity contribution in [3.63, 3.8) is 0 Å². The van der Waals surface area contributed by atoms with E-state index in [0.29, 0.717) is 12.1 Å². The number of nitrogens with zero attached hydrogens (tertiary/aromatic N) is 1. The van der Waals surface area contributed by atoms with Crippen LogP contribution in [0.25, 0.3) is 0 Å². The number of nitrogens with one attached hydrogen (secondary N) is 2. The van der Waals surface area contributed by atoms with Gasteiger partial charge in [0.25, 0.3) is 5.91 Å². The van der Waals surface area contributed by atoms with Crippen molar-refractivity contribution in [1.29, 1.82) is 0 Å². The van der Waals surface area contributed by atoms with Crippen LogP contribution in [0.1, 0.15) is 27.5 Å². The van der Waals surface area contributed by atoms with Gasteiger partial charge < -0.3 is 15.5 Å². The van der Waals surface area contributed by atoms with Gasteiger partial charge in [0.2, 0.25) is 5.91 Å². The molecule has 0 spiro atoms. The first-order valence-electron chi connectivity index (χ1n) is 8.30. The summed E-state index contributed by atoms with van der Waals surface area (Å²) >= 11 is 0. The molecule has 0 aliphatic carbocycles. The predicted molar refractivity (Wildman–Crippen MR) is 99.4 cm³/mol. The van der Waals surface area contributed by atoms with Crippen LogP contribution in [0.3, 0.4) is 0 Å². The van der Waals surface area contributed by atoms with Crippen LogP contribution >= 0.6 is 0 Å². The maximum atomic E-state index is 12.1. The van der Waals surface area contributed by atoms with Gasteiger partial charge in [0.15, 0.2) is 0 Å². The number of likely N-dealkylation sites (N-methyl/N-ethyl adjacent to an activating group) is 1. The van der Waals surface area contributed by atoms with Crippen LogP contribution in [0.5, 0.6) is 0 Å². The highest BCUT2D eigenvalue weighted by Crippen LogP contribution is 2.16. The number of carbonyl (C=O) groups excluding carboxylic acids is 2. The molecule has 2 rings (SSSR count). The highest BCUT2D eigenvalue weighted by Gasteiger charge is 2.15. The molecule has 0 aliphatic heterocycles. The summed E-state index contributed by atoms with van der Waals surface area (Å²) < 4.78 is 0. The quantitative estimate of drug-likeness (QED) is 0.812. The fraction of sp³-hybridized carbons (Fsp3) is 0.300. The Kier molecular flexibility index (Phi) is 6.71. The summed E-state index contributed by atoms with van der Waals surface area (Å²) in [6.07, 6.45) is 0. The summed E-state index contributed by atoms with van der Waals surface area (Å²) in [6.45, 7) is 2.37. The minimum atomic E-state index is -0.244. The van der Waals surface area contributed by atoms with E-state index in [0.717, 1.165) is 11.1 Å². The van der Waals surface area contributed by atoms with Crippen LogP contribution in [-0.4, -0.2) is 43.9 Å². The number of hydrogen-bond donors (Lipinski definition) is 2. The van der Waals surface area contributed by atoms with E-state index < -0.39 is 0 Å². The Morgan fingerprint density at radius 3 is 2.36 bits per heavy atom. The molecule has 2 amide bonds. The van der Waals surface area contributed by atoms with Crippen molar-refractivity contribution >= 4 is 11.8 Å². The first-order valence-corrected chi connectivity index (χ1v) is 8.30. The third-order valence-electron chi connectivity index (χ3n) is 3.99. The molecule has 0 radical (unpaired) electrons. The molecule has 25 heavy (non-hydrogen) atoms. The van der Waals surface area contributed by atoms with Gasteiger partial charge in [-0.15, -0.1) is 0 Å². The van der Waals surface area contributed by atoms with Gasteiger partial charge in [-0.05, 0) is 38.7 Å². The average Bonchev–Trinajstić information content (AvgIpc) is 2.60. The molecule has 5 heteroatoms. The van der Waals surface area contributed by atoms with Crippen molar-refractivity contribution in [1.82, 2.24) is 15.5 Å². The highest BCUT2D eigenvalue weighted by molar-refractivity contribution is 5.96. The van der Waals surface area contributed by atoms with Gasteiger partial charge in [-0.1, -0.05) is 48.0 Å². The lowest BCUT2D eigenvalue weighted by atomic mass is 10.1. The summed E-state index contributed by atoms with van der Waals surface area (Å²) in [5.74, 6) is -0.449. The Morgan fingerprint density at radius 2 is 1.72 bits per heavy atom. The van der Waals surface area contributed by atoms with Crippen molar-refractivity contribution in [2.75, 3.05) is 27.2 Å². The second-order valence-corrected chi connectivity index (χ2v) is 6.25. The molecule has 1 atom stereocenters. The fourth-order valence-electron chi connectivity index (χ4n) is 2.60. The van der Waals surface area contributed by atoms with Crippen LogP contribution in [0.15, 0.2) is 54.6 Å². The Balaban J connectivity index is 1.84. The molecule has 5 nitrogen and oxygen atoms in total.